The fraction of sp³-hybridized carbons (Fsp3) is 0.208. The molecule has 0 fully saturated rings. The Morgan fingerprint density at radius 3 is 2.56 bits per heavy atom. The molecule has 0 atom stereocenters. The number of fused-ring (bicyclic) bond motifs is 1. The predicted molar refractivity (Wildman–Crippen MR) is 113 cm³/mol. The summed E-state index contributed by atoms with van der Waals surface area (Å²) in [6.07, 6.45) is 2.19. The molecule has 0 saturated heterocycles. The van der Waals surface area contributed by atoms with Crippen LogP contribution in [-0.2, 0) is 19.5 Å². The summed E-state index contributed by atoms with van der Waals surface area (Å²) in [6, 6.07) is 10.6. The van der Waals surface area contributed by atoms with Crippen LogP contribution in [0.3, 0.4) is 0 Å². The van der Waals surface area contributed by atoms with Gasteiger partial charge in [0.05, 0.1) is 5.56 Å². The van der Waals surface area contributed by atoms with Gasteiger partial charge in [0.25, 0.3) is 11.8 Å². The van der Waals surface area contributed by atoms with Gasteiger partial charge in [-0.1, -0.05) is 19.1 Å². The number of nitrogens with zero attached hydrogens (tertiary/aromatic N) is 2. The highest BCUT2D eigenvalue weighted by molar-refractivity contribution is 6.00. The van der Waals surface area contributed by atoms with Crippen LogP contribution in [0, 0.1) is 11.6 Å². The average molecular weight is 437 g/mol. The van der Waals surface area contributed by atoms with Crippen LogP contribution in [0.1, 0.15) is 44.3 Å². The predicted octanol–water partition coefficient (Wildman–Crippen LogP) is 4.23. The van der Waals surface area contributed by atoms with Crippen LogP contribution in [0.25, 0.3) is 0 Å². The van der Waals surface area contributed by atoms with Gasteiger partial charge in [-0.2, -0.15) is 0 Å². The minimum Gasteiger partial charge on any atom is -0.435 e. The second kappa shape index (κ2) is 8.74. The van der Waals surface area contributed by atoms with Crippen LogP contribution < -0.4 is 10.1 Å². The highest BCUT2D eigenvalue weighted by atomic mass is 19.1. The Hall–Kier alpha value is -3.81. The molecule has 3 aromatic rings. The number of benzene rings is 2. The van der Waals surface area contributed by atoms with Gasteiger partial charge in [0.2, 0.25) is 5.88 Å². The second-order valence-electron chi connectivity index (χ2n) is 7.43. The van der Waals surface area contributed by atoms with E-state index in [1.54, 1.807) is 18.2 Å². The van der Waals surface area contributed by atoms with E-state index in [0.717, 1.165) is 5.56 Å². The SMILES string of the molecule is CCc1ccc(Oc2nccc3c2C(=O)N(Cc2ccc(C(=O)NC)c(F)c2)C3)c(F)c1. The Bertz CT molecular complexity index is 1210. The number of pyridine rings is 1. The molecule has 2 amide bonds. The number of ether oxygens (including phenoxy) is 1. The standard InChI is InChI=1S/C24H21F2N3O3/c1-3-14-5-7-20(19(26)10-14)32-23-21-16(8-9-28-23)13-29(24(21)31)12-15-4-6-17(18(25)11-15)22(30)27-2/h4-11H,3,12-13H2,1-2H3,(H,27,30). The summed E-state index contributed by atoms with van der Waals surface area (Å²) in [5, 5.41) is 2.38. The molecular formula is C24H21F2N3O3. The number of halogens is 2. The zero-order valence-electron chi connectivity index (χ0n) is 17.6. The molecule has 0 radical (unpaired) electrons. The number of nitrogens with one attached hydrogen (secondary N) is 1. The molecule has 8 heteroatoms. The summed E-state index contributed by atoms with van der Waals surface area (Å²) in [5.74, 6) is -2.05. The molecule has 32 heavy (non-hydrogen) atoms. The number of amides is 2. The third-order valence-corrected chi connectivity index (χ3v) is 5.35. The van der Waals surface area contributed by atoms with Gasteiger partial charge in [-0.05, 0) is 53.4 Å². The lowest BCUT2D eigenvalue weighted by Crippen LogP contribution is -2.24. The van der Waals surface area contributed by atoms with E-state index in [1.165, 1.54) is 42.4 Å². The van der Waals surface area contributed by atoms with Crippen molar-refractivity contribution in [3.8, 4) is 11.6 Å². The van der Waals surface area contributed by atoms with Crippen LogP contribution in [0.4, 0.5) is 8.78 Å². The minimum absolute atomic E-state index is 0.0128. The van der Waals surface area contributed by atoms with Gasteiger partial charge in [0.1, 0.15) is 11.4 Å². The van der Waals surface area contributed by atoms with E-state index >= 15 is 0 Å². The lowest BCUT2D eigenvalue weighted by molar-refractivity contribution is 0.0763. The van der Waals surface area contributed by atoms with Gasteiger partial charge in [0.15, 0.2) is 11.6 Å². The Morgan fingerprint density at radius 2 is 1.88 bits per heavy atom. The van der Waals surface area contributed by atoms with Crippen molar-refractivity contribution in [1.82, 2.24) is 15.2 Å². The van der Waals surface area contributed by atoms with E-state index in [2.05, 4.69) is 10.3 Å². The van der Waals surface area contributed by atoms with Crippen LogP contribution >= 0.6 is 0 Å². The molecule has 6 nitrogen and oxygen atoms in total. The highest BCUT2D eigenvalue weighted by Crippen LogP contribution is 2.34. The van der Waals surface area contributed by atoms with E-state index in [4.69, 9.17) is 4.74 Å². The van der Waals surface area contributed by atoms with Crippen molar-refractivity contribution in [3.05, 3.63) is 88.1 Å². The molecule has 2 heterocycles. The van der Waals surface area contributed by atoms with Crippen molar-refractivity contribution < 1.29 is 23.1 Å². The minimum atomic E-state index is -0.664. The van der Waals surface area contributed by atoms with Crippen molar-refractivity contribution in [2.45, 2.75) is 26.4 Å². The van der Waals surface area contributed by atoms with Crippen molar-refractivity contribution in [2.24, 2.45) is 0 Å². The maximum atomic E-state index is 14.4. The first-order valence-electron chi connectivity index (χ1n) is 10.1. The molecule has 1 N–H and O–H groups in total. The molecule has 0 spiro atoms. The topological polar surface area (TPSA) is 71.5 Å². The number of hydrogen-bond donors (Lipinski definition) is 1. The van der Waals surface area contributed by atoms with Gasteiger partial charge in [0, 0.05) is 26.3 Å². The maximum absolute atomic E-state index is 14.4. The van der Waals surface area contributed by atoms with Gasteiger partial charge in [-0.15, -0.1) is 0 Å². The molecule has 0 aliphatic carbocycles. The summed E-state index contributed by atoms with van der Waals surface area (Å²) in [7, 11) is 1.42. The van der Waals surface area contributed by atoms with E-state index in [1.807, 2.05) is 6.92 Å². The van der Waals surface area contributed by atoms with Crippen molar-refractivity contribution in [1.29, 1.82) is 0 Å². The van der Waals surface area contributed by atoms with Crippen LogP contribution in [0.5, 0.6) is 11.6 Å². The Morgan fingerprint density at radius 1 is 1.12 bits per heavy atom. The molecular weight excluding hydrogens is 416 g/mol. The normalized spacial score (nSPS) is 12.6. The van der Waals surface area contributed by atoms with E-state index < -0.39 is 17.5 Å². The Labute approximate surface area is 183 Å². The van der Waals surface area contributed by atoms with Crippen LogP contribution in [0.15, 0.2) is 48.7 Å². The van der Waals surface area contributed by atoms with Crippen molar-refractivity contribution >= 4 is 11.8 Å². The summed E-state index contributed by atoms with van der Waals surface area (Å²) in [5.41, 5.74) is 2.25. The third-order valence-electron chi connectivity index (χ3n) is 5.35. The van der Waals surface area contributed by atoms with E-state index in [9.17, 15) is 18.4 Å². The van der Waals surface area contributed by atoms with Crippen LogP contribution in [0.2, 0.25) is 0 Å². The number of carbonyl (C=O) groups excluding carboxylic acids is 2. The molecule has 164 valence electrons. The van der Waals surface area contributed by atoms with Gasteiger partial charge in [-0.25, -0.2) is 13.8 Å². The maximum Gasteiger partial charge on any atom is 0.260 e. The smallest absolute Gasteiger partial charge is 0.260 e. The fourth-order valence-corrected chi connectivity index (χ4v) is 3.63. The zero-order valence-corrected chi connectivity index (χ0v) is 17.6. The summed E-state index contributed by atoms with van der Waals surface area (Å²) in [4.78, 5) is 30.4. The van der Waals surface area contributed by atoms with E-state index in [0.29, 0.717) is 17.5 Å². The average Bonchev–Trinajstić information content (AvgIpc) is 3.10. The van der Waals surface area contributed by atoms with Crippen LogP contribution in [-0.4, -0.2) is 28.7 Å². The molecule has 0 bridgehead atoms. The number of hydrogen-bond acceptors (Lipinski definition) is 4. The lowest BCUT2D eigenvalue weighted by atomic mass is 10.1. The molecule has 1 aliphatic heterocycles. The van der Waals surface area contributed by atoms with Gasteiger partial charge in [-0.3, -0.25) is 9.59 Å². The zero-order chi connectivity index (χ0) is 22.8. The largest absolute Gasteiger partial charge is 0.435 e. The van der Waals surface area contributed by atoms with Gasteiger partial charge < -0.3 is 15.0 Å². The Kier molecular flexibility index (Phi) is 5.85. The third kappa shape index (κ3) is 4.03. The quantitative estimate of drug-likeness (QED) is 0.627. The van der Waals surface area contributed by atoms with E-state index in [-0.39, 0.29) is 41.8 Å². The lowest BCUT2D eigenvalue weighted by Gasteiger charge is -2.16. The summed E-state index contributed by atoms with van der Waals surface area (Å²) in [6.45, 7) is 2.34. The number of aromatic nitrogens is 1. The number of aryl methyl sites for hydroxylation is 1. The first kappa shape index (κ1) is 21.4. The first-order valence-corrected chi connectivity index (χ1v) is 10.1. The molecule has 0 saturated carbocycles. The number of carbonyl (C=O) groups is 2. The first-order chi connectivity index (χ1) is 15.4. The molecule has 1 aromatic heterocycles. The molecule has 4 rings (SSSR count). The van der Waals surface area contributed by atoms with Gasteiger partial charge >= 0.3 is 0 Å². The Balaban J connectivity index is 1.56. The molecule has 0 unspecified atom stereocenters. The molecule has 2 aromatic carbocycles. The highest BCUT2D eigenvalue weighted by Gasteiger charge is 2.32. The van der Waals surface area contributed by atoms with Crippen molar-refractivity contribution in [3.63, 3.8) is 0 Å². The number of rotatable bonds is 6. The van der Waals surface area contributed by atoms with Crippen molar-refractivity contribution in [2.75, 3.05) is 7.05 Å². The summed E-state index contributed by atoms with van der Waals surface area (Å²) < 4.78 is 34.3. The monoisotopic (exact) mass is 437 g/mol. The second-order valence-corrected chi connectivity index (χ2v) is 7.43. The summed E-state index contributed by atoms with van der Waals surface area (Å²) >= 11 is 0. The fourth-order valence-electron chi connectivity index (χ4n) is 3.63. The molecule has 1 aliphatic rings.